The van der Waals surface area contributed by atoms with Crippen LogP contribution in [0.5, 0.6) is 0 Å². The van der Waals surface area contributed by atoms with Gasteiger partial charge in [0.15, 0.2) is 0 Å². The fourth-order valence-electron chi connectivity index (χ4n) is 4.22. The van der Waals surface area contributed by atoms with Crippen molar-refractivity contribution in [3.05, 3.63) is 74.4 Å². The van der Waals surface area contributed by atoms with Crippen molar-refractivity contribution in [2.24, 2.45) is 0 Å². The first-order chi connectivity index (χ1) is 18.8. The smallest absolute Gasteiger partial charge is 0.323 e. The van der Waals surface area contributed by atoms with Crippen LogP contribution < -0.4 is 27.0 Å². The monoisotopic (exact) mass is 553 g/mol. The van der Waals surface area contributed by atoms with Gasteiger partial charge in [-0.3, -0.25) is 19.2 Å². The van der Waals surface area contributed by atoms with Gasteiger partial charge in [0.2, 0.25) is 11.8 Å². The number of aromatic amines is 2. The highest BCUT2D eigenvalue weighted by Crippen LogP contribution is 2.23. The van der Waals surface area contributed by atoms with Gasteiger partial charge in [-0.25, -0.2) is 9.78 Å². The normalized spacial score (nSPS) is 20.9. The maximum absolute atomic E-state index is 13.4. The summed E-state index contributed by atoms with van der Waals surface area (Å²) in [6.07, 6.45) is 3.30. The third-order valence-corrected chi connectivity index (χ3v) is 7.32. The van der Waals surface area contributed by atoms with E-state index in [4.69, 9.17) is 0 Å². The molecule has 0 saturated carbocycles. The first-order valence-corrected chi connectivity index (χ1v) is 13.7. The van der Waals surface area contributed by atoms with Gasteiger partial charge in [0.1, 0.15) is 28.5 Å². The lowest BCUT2D eigenvalue weighted by Gasteiger charge is -2.24. The van der Waals surface area contributed by atoms with Crippen molar-refractivity contribution in [2.75, 3.05) is 6.54 Å². The lowest BCUT2D eigenvalue weighted by atomic mass is 10.0. The van der Waals surface area contributed by atoms with E-state index in [0.29, 0.717) is 37.2 Å². The summed E-state index contributed by atoms with van der Waals surface area (Å²) < 4.78 is 0. The molecule has 4 amide bonds. The van der Waals surface area contributed by atoms with E-state index in [2.05, 4.69) is 36.2 Å². The molecule has 13 heteroatoms. The van der Waals surface area contributed by atoms with Crippen molar-refractivity contribution in [1.29, 1.82) is 0 Å². The van der Waals surface area contributed by atoms with E-state index in [1.54, 1.807) is 12.3 Å². The summed E-state index contributed by atoms with van der Waals surface area (Å²) >= 11 is 1.29. The Hall–Kier alpha value is -4.26. The first-order valence-electron chi connectivity index (χ1n) is 12.8. The van der Waals surface area contributed by atoms with Crippen LogP contribution in [0.15, 0.2) is 46.7 Å². The van der Waals surface area contributed by atoms with Crippen LogP contribution in [-0.4, -0.2) is 57.2 Å². The number of H-pyrrole nitrogens is 2. The molecule has 1 aliphatic heterocycles. The topological polar surface area (TPSA) is 178 Å². The van der Waals surface area contributed by atoms with Crippen molar-refractivity contribution < 1.29 is 19.2 Å². The Kier molecular flexibility index (Phi) is 9.26. The SMILES string of the molecule is CC[C@H]1NC(=O)[C@@H](NC(=O)c2c[nH]c(=O)[nH]2)CCCCNC(=O)c2csc(n2)[C@H](Cc2ccccc2)NC1=O. The fraction of sp³-hybridized carbons (Fsp3) is 0.385. The van der Waals surface area contributed by atoms with Gasteiger partial charge in [-0.2, -0.15) is 0 Å². The van der Waals surface area contributed by atoms with Crippen molar-refractivity contribution in [3.8, 4) is 0 Å². The number of amides is 4. The Morgan fingerprint density at radius 3 is 2.54 bits per heavy atom. The van der Waals surface area contributed by atoms with E-state index in [9.17, 15) is 24.0 Å². The van der Waals surface area contributed by atoms with Crippen LogP contribution in [-0.2, 0) is 16.0 Å². The molecule has 0 spiro atoms. The van der Waals surface area contributed by atoms with Crippen molar-refractivity contribution in [3.63, 3.8) is 0 Å². The van der Waals surface area contributed by atoms with Crippen LogP contribution in [0.1, 0.15) is 70.2 Å². The van der Waals surface area contributed by atoms with Crippen molar-refractivity contribution >= 4 is 35.0 Å². The molecule has 0 fully saturated rings. The van der Waals surface area contributed by atoms with Gasteiger partial charge < -0.3 is 31.2 Å². The van der Waals surface area contributed by atoms with Gasteiger partial charge in [0.05, 0.1) is 6.04 Å². The minimum absolute atomic E-state index is 0.0113. The van der Waals surface area contributed by atoms with Crippen LogP contribution >= 0.6 is 11.3 Å². The summed E-state index contributed by atoms with van der Waals surface area (Å²) in [6, 6.07) is 7.25. The van der Waals surface area contributed by atoms with E-state index in [1.807, 2.05) is 30.3 Å². The Morgan fingerprint density at radius 2 is 1.82 bits per heavy atom. The third-order valence-electron chi connectivity index (χ3n) is 6.36. The number of nitrogens with zero attached hydrogens (tertiary/aromatic N) is 1. The van der Waals surface area contributed by atoms with Crippen LogP contribution in [0.3, 0.4) is 0 Å². The number of imidazole rings is 1. The fourth-order valence-corrected chi connectivity index (χ4v) is 5.07. The summed E-state index contributed by atoms with van der Waals surface area (Å²) in [4.78, 5) is 72.5. The van der Waals surface area contributed by atoms with Crippen molar-refractivity contribution in [2.45, 2.75) is 57.2 Å². The molecule has 0 unspecified atom stereocenters. The van der Waals surface area contributed by atoms with E-state index in [1.165, 1.54) is 17.5 Å². The second-order valence-electron chi connectivity index (χ2n) is 9.23. The van der Waals surface area contributed by atoms with Gasteiger partial charge in [-0.1, -0.05) is 37.3 Å². The molecular formula is C26H31N7O5S. The van der Waals surface area contributed by atoms with Crippen LogP contribution in [0, 0.1) is 0 Å². The lowest BCUT2D eigenvalue weighted by molar-refractivity contribution is -0.130. The van der Waals surface area contributed by atoms with Gasteiger partial charge in [0.25, 0.3) is 11.8 Å². The molecule has 1 aromatic carbocycles. The van der Waals surface area contributed by atoms with E-state index < -0.39 is 41.5 Å². The summed E-state index contributed by atoms with van der Waals surface area (Å²) in [5.41, 5.74) is 0.696. The predicted molar refractivity (Wildman–Crippen MR) is 144 cm³/mol. The molecule has 0 saturated heterocycles. The molecule has 3 atom stereocenters. The summed E-state index contributed by atoms with van der Waals surface area (Å²) in [7, 11) is 0. The molecule has 206 valence electrons. The number of aromatic nitrogens is 3. The molecule has 3 aromatic rings. The number of hydrogen-bond donors (Lipinski definition) is 6. The van der Waals surface area contributed by atoms with E-state index in [-0.39, 0.29) is 23.7 Å². The number of thiazole rings is 1. The lowest BCUT2D eigenvalue weighted by Crippen LogP contribution is -2.54. The van der Waals surface area contributed by atoms with Crippen molar-refractivity contribution in [1.82, 2.24) is 36.2 Å². The average molecular weight is 554 g/mol. The highest BCUT2D eigenvalue weighted by atomic mass is 32.1. The molecule has 2 aromatic heterocycles. The second kappa shape index (κ2) is 13.0. The quantitative estimate of drug-likeness (QED) is 0.276. The average Bonchev–Trinajstić information content (AvgIpc) is 3.60. The number of carbonyl (C=O) groups is 4. The zero-order valence-electron chi connectivity index (χ0n) is 21.4. The minimum atomic E-state index is -0.958. The van der Waals surface area contributed by atoms with E-state index in [0.717, 1.165) is 5.56 Å². The van der Waals surface area contributed by atoms with Crippen LogP contribution in [0.25, 0.3) is 0 Å². The Balaban J connectivity index is 1.57. The standard InChI is InChI=1S/C26H31N7O5S/c1-2-16-22(35)31-18(12-15-8-4-3-5-9-15)25-32-20(14-39-25)21(34)27-11-7-6-10-17(23(36)29-16)30-24(37)19-13-28-26(38)33-19/h3-5,8-9,13-14,16-18H,2,6-7,10-12H2,1H3,(H,27,34)(H,29,36)(H,30,37)(H,31,35)(H2,28,33,38)/t16-,17+,18+/m1/s1. The molecular weight excluding hydrogens is 522 g/mol. The highest BCUT2D eigenvalue weighted by Gasteiger charge is 2.29. The highest BCUT2D eigenvalue weighted by molar-refractivity contribution is 7.09. The number of rotatable bonds is 5. The molecule has 1 aliphatic rings. The number of fused-ring (bicyclic) bond motifs is 2. The largest absolute Gasteiger partial charge is 0.351 e. The molecule has 39 heavy (non-hydrogen) atoms. The summed E-state index contributed by atoms with van der Waals surface area (Å²) in [5, 5.41) is 13.5. The number of carbonyl (C=O) groups excluding carboxylic acids is 4. The first kappa shape index (κ1) is 27.8. The molecule has 0 radical (unpaired) electrons. The Labute approximate surface area is 228 Å². The van der Waals surface area contributed by atoms with Gasteiger partial charge >= 0.3 is 5.69 Å². The molecule has 4 rings (SSSR count). The van der Waals surface area contributed by atoms with E-state index >= 15 is 0 Å². The number of hydrogen-bond acceptors (Lipinski definition) is 7. The molecule has 12 nitrogen and oxygen atoms in total. The van der Waals surface area contributed by atoms with Gasteiger partial charge in [-0.15, -0.1) is 11.3 Å². The third kappa shape index (κ3) is 7.41. The van der Waals surface area contributed by atoms with Gasteiger partial charge in [-0.05, 0) is 37.7 Å². The summed E-state index contributed by atoms with van der Waals surface area (Å²) in [6.45, 7) is 2.14. The zero-order valence-corrected chi connectivity index (χ0v) is 22.2. The number of nitrogens with one attached hydrogen (secondary N) is 6. The molecule has 0 aliphatic carbocycles. The molecule has 2 bridgehead atoms. The molecule has 3 heterocycles. The minimum Gasteiger partial charge on any atom is -0.351 e. The Bertz CT molecular complexity index is 1370. The summed E-state index contributed by atoms with van der Waals surface area (Å²) in [5.74, 6) is -1.87. The van der Waals surface area contributed by atoms with Crippen LogP contribution in [0.2, 0.25) is 0 Å². The van der Waals surface area contributed by atoms with Crippen LogP contribution in [0.4, 0.5) is 0 Å². The van der Waals surface area contributed by atoms with Gasteiger partial charge in [0, 0.05) is 18.1 Å². The Morgan fingerprint density at radius 1 is 1.05 bits per heavy atom. The maximum atomic E-state index is 13.4. The predicted octanol–water partition coefficient (Wildman–Crippen LogP) is 1.17. The second-order valence-corrected chi connectivity index (χ2v) is 10.1. The zero-order chi connectivity index (χ0) is 27.8. The number of benzene rings is 1. The molecule has 6 N–H and O–H groups in total. The maximum Gasteiger partial charge on any atom is 0.323 e.